The third kappa shape index (κ3) is 3.55. The number of rotatable bonds is 4. The van der Waals surface area contributed by atoms with Gasteiger partial charge < -0.3 is 10.6 Å². The van der Waals surface area contributed by atoms with Crippen LogP contribution in [0.2, 0.25) is 0 Å². The first-order valence-electron chi connectivity index (χ1n) is 7.17. The zero-order valence-electron chi connectivity index (χ0n) is 12.2. The van der Waals surface area contributed by atoms with Crippen molar-refractivity contribution < 1.29 is 14.4 Å². The zero-order valence-corrected chi connectivity index (χ0v) is 12.2. The van der Waals surface area contributed by atoms with E-state index in [0.717, 1.165) is 5.56 Å². The van der Waals surface area contributed by atoms with Crippen LogP contribution in [-0.4, -0.2) is 17.8 Å². The first-order chi connectivity index (χ1) is 11.1. The Morgan fingerprint density at radius 3 is 2.52 bits per heavy atom. The van der Waals surface area contributed by atoms with Crippen LogP contribution in [0.25, 0.3) is 0 Å². The lowest BCUT2D eigenvalue weighted by molar-refractivity contribution is -0.120. The summed E-state index contributed by atoms with van der Waals surface area (Å²) in [5.74, 6) is -0.545. The highest BCUT2D eigenvalue weighted by Crippen LogP contribution is 2.20. The first-order valence-corrected chi connectivity index (χ1v) is 7.17. The smallest absolute Gasteiger partial charge is 0.322 e. The summed E-state index contributed by atoms with van der Waals surface area (Å²) in [7, 11) is 0. The Labute approximate surface area is 132 Å². The molecule has 0 bridgehead atoms. The average molecular weight is 309 g/mol. The van der Waals surface area contributed by atoms with Crippen molar-refractivity contribution in [1.82, 2.24) is 10.6 Å². The summed E-state index contributed by atoms with van der Waals surface area (Å²) in [6.07, 6.45) is 0.270. The van der Waals surface area contributed by atoms with Crippen molar-refractivity contribution in [3.05, 3.63) is 65.7 Å². The Bertz CT molecular complexity index is 759. The standard InChI is InChI=1S/C17H15N3O3/c21-14(9-11-5-2-1-3-6-11)18-13-8-4-7-12(10-13)15-16(22)20-17(23)19-15/h1-8,10,15H,9H2,(H,18,21)(H2,19,20,22,23). The van der Waals surface area contributed by atoms with Crippen LogP contribution in [0, 0.1) is 0 Å². The fourth-order valence-corrected chi connectivity index (χ4v) is 2.43. The molecule has 1 atom stereocenters. The SMILES string of the molecule is O=C(Cc1ccccc1)Nc1cccc(C2NC(=O)NC2=O)c1. The Kier molecular flexibility index (Phi) is 4.05. The van der Waals surface area contributed by atoms with Gasteiger partial charge in [0.2, 0.25) is 5.91 Å². The number of benzene rings is 2. The molecule has 1 heterocycles. The Morgan fingerprint density at radius 2 is 1.83 bits per heavy atom. The van der Waals surface area contributed by atoms with E-state index in [0.29, 0.717) is 11.3 Å². The van der Waals surface area contributed by atoms with Gasteiger partial charge in [-0.1, -0.05) is 42.5 Å². The number of anilines is 1. The maximum atomic E-state index is 12.1. The van der Waals surface area contributed by atoms with Gasteiger partial charge >= 0.3 is 6.03 Å². The molecule has 1 saturated heterocycles. The molecule has 1 aliphatic heterocycles. The van der Waals surface area contributed by atoms with E-state index in [4.69, 9.17) is 0 Å². The summed E-state index contributed by atoms with van der Waals surface area (Å²) in [5.41, 5.74) is 2.12. The van der Waals surface area contributed by atoms with E-state index in [2.05, 4.69) is 16.0 Å². The molecule has 0 spiro atoms. The molecule has 2 aromatic rings. The van der Waals surface area contributed by atoms with Gasteiger partial charge in [0.15, 0.2) is 0 Å². The molecule has 4 amide bonds. The van der Waals surface area contributed by atoms with E-state index >= 15 is 0 Å². The summed E-state index contributed by atoms with van der Waals surface area (Å²) >= 11 is 0. The molecule has 0 aliphatic carbocycles. The fraction of sp³-hybridized carbons (Fsp3) is 0.118. The van der Waals surface area contributed by atoms with Crippen molar-refractivity contribution in [3.8, 4) is 0 Å². The monoisotopic (exact) mass is 309 g/mol. The fourth-order valence-electron chi connectivity index (χ4n) is 2.43. The number of amides is 4. The summed E-state index contributed by atoms with van der Waals surface area (Å²) in [6, 6.07) is 15.0. The van der Waals surface area contributed by atoms with Gasteiger partial charge in [0, 0.05) is 5.69 Å². The molecular formula is C17H15N3O3. The lowest BCUT2D eigenvalue weighted by atomic mass is 10.1. The molecule has 2 aromatic carbocycles. The highest BCUT2D eigenvalue weighted by Gasteiger charge is 2.30. The Balaban J connectivity index is 1.69. The zero-order chi connectivity index (χ0) is 16.2. The maximum Gasteiger partial charge on any atom is 0.322 e. The van der Waals surface area contributed by atoms with Crippen LogP contribution in [0.3, 0.4) is 0 Å². The van der Waals surface area contributed by atoms with Crippen LogP contribution in [-0.2, 0) is 16.0 Å². The van der Waals surface area contributed by atoms with Crippen LogP contribution in [0.4, 0.5) is 10.5 Å². The molecule has 3 rings (SSSR count). The van der Waals surface area contributed by atoms with E-state index < -0.39 is 18.0 Å². The van der Waals surface area contributed by atoms with E-state index in [1.807, 2.05) is 30.3 Å². The predicted molar refractivity (Wildman–Crippen MR) is 84.6 cm³/mol. The summed E-state index contributed by atoms with van der Waals surface area (Å²) in [4.78, 5) is 34.9. The molecule has 1 fully saturated rings. The number of carbonyl (C=O) groups is 3. The maximum absolute atomic E-state index is 12.1. The molecule has 23 heavy (non-hydrogen) atoms. The number of hydrogen-bond acceptors (Lipinski definition) is 3. The van der Waals surface area contributed by atoms with Gasteiger partial charge in [0.05, 0.1) is 6.42 Å². The van der Waals surface area contributed by atoms with Gasteiger partial charge in [-0.3, -0.25) is 14.9 Å². The largest absolute Gasteiger partial charge is 0.326 e. The molecule has 0 saturated carbocycles. The van der Waals surface area contributed by atoms with Crippen molar-refractivity contribution >= 4 is 23.5 Å². The lowest BCUT2D eigenvalue weighted by Crippen LogP contribution is -2.22. The second kappa shape index (κ2) is 6.31. The molecule has 116 valence electrons. The Hall–Kier alpha value is -3.15. The van der Waals surface area contributed by atoms with Crippen molar-refractivity contribution in [2.24, 2.45) is 0 Å². The molecule has 3 N–H and O–H groups in total. The minimum atomic E-state index is -0.728. The quantitative estimate of drug-likeness (QED) is 0.752. The van der Waals surface area contributed by atoms with Crippen LogP contribution < -0.4 is 16.0 Å². The first kappa shape index (κ1) is 14.8. The molecule has 0 radical (unpaired) electrons. The molecule has 0 aromatic heterocycles. The molecule has 1 aliphatic rings. The van der Waals surface area contributed by atoms with Crippen molar-refractivity contribution in [3.63, 3.8) is 0 Å². The van der Waals surface area contributed by atoms with E-state index in [9.17, 15) is 14.4 Å². The van der Waals surface area contributed by atoms with Crippen LogP contribution in [0.5, 0.6) is 0 Å². The minimum Gasteiger partial charge on any atom is -0.326 e. The van der Waals surface area contributed by atoms with Crippen molar-refractivity contribution in [1.29, 1.82) is 0 Å². The van der Waals surface area contributed by atoms with Gasteiger partial charge in [-0.2, -0.15) is 0 Å². The minimum absolute atomic E-state index is 0.145. The van der Waals surface area contributed by atoms with Gasteiger partial charge in [-0.15, -0.1) is 0 Å². The second-order valence-electron chi connectivity index (χ2n) is 5.23. The third-order valence-electron chi connectivity index (χ3n) is 3.49. The van der Waals surface area contributed by atoms with Gasteiger partial charge in [-0.25, -0.2) is 4.79 Å². The third-order valence-corrected chi connectivity index (χ3v) is 3.49. The van der Waals surface area contributed by atoms with E-state index in [-0.39, 0.29) is 12.3 Å². The molecule has 6 nitrogen and oxygen atoms in total. The van der Waals surface area contributed by atoms with E-state index in [1.54, 1.807) is 24.3 Å². The second-order valence-corrected chi connectivity index (χ2v) is 5.23. The highest BCUT2D eigenvalue weighted by atomic mass is 16.2. The summed E-state index contributed by atoms with van der Waals surface area (Å²) in [6.45, 7) is 0. The van der Waals surface area contributed by atoms with Gasteiger partial charge in [0.25, 0.3) is 5.91 Å². The molecule has 6 heteroatoms. The van der Waals surface area contributed by atoms with E-state index in [1.165, 1.54) is 0 Å². The topological polar surface area (TPSA) is 87.3 Å². The molecule has 1 unspecified atom stereocenters. The number of carbonyl (C=O) groups excluding carboxylic acids is 3. The van der Waals surface area contributed by atoms with Crippen LogP contribution >= 0.6 is 0 Å². The summed E-state index contributed by atoms with van der Waals surface area (Å²) in [5, 5.41) is 7.51. The Morgan fingerprint density at radius 1 is 1.04 bits per heavy atom. The normalized spacial score (nSPS) is 16.6. The number of urea groups is 1. The van der Waals surface area contributed by atoms with Crippen molar-refractivity contribution in [2.45, 2.75) is 12.5 Å². The van der Waals surface area contributed by atoms with Gasteiger partial charge in [0.1, 0.15) is 6.04 Å². The average Bonchev–Trinajstić information content (AvgIpc) is 2.87. The predicted octanol–water partition coefficient (Wildman–Crippen LogP) is 1.75. The number of nitrogens with one attached hydrogen (secondary N) is 3. The van der Waals surface area contributed by atoms with Crippen LogP contribution in [0.15, 0.2) is 54.6 Å². The number of hydrogen-bond donors (Lipinski definition) is 3. The van der Waals surface area contributed by atoms with Gasteiger partial charge in [-0.05, 0) is 23.3 Å². The number of imide groups is 1. The highest BCUT2D eigenvalue weighted by molar-refractivity contribution is 6.04. The molecular weight excluding hydrogens is 294 g/mol. The van der Waals surface area contributed by atoms with Crippen molar-refractivity contribution in [2.75, 3.05) is 5.32 Å². The summed E-state index contributed by atoms with van der Waals surface area (Å²) < 4.78 is 0. The lowest BCUT2D eigenvalue weighted by Gasteiger charge is -2.10. The van der Waals surface area contributed by atoms with Crippen LogP contribution in [0.1, 0.15) is 17.2 Å².